The van der Waals surface area contributed by atoms with E-state index >= 15 is 0 Å². The molecule has 0 spiro atoms. The van der Waals surface area contributed by atoms with Crippen molar-refractivity contribution in [1.29, 1.82) is 0 Å². The smallest absolute Gasteiger partial charge is 0.407 e. The Bertz CT molecular complexity index is 676. The van der Waals surface area contributed by atoms with E-state index in [0.29, 0.717) is 5.56 Å². The summed E-state index contributed by atoms with van der Waals surface area (Å²) in [4.78, 5) is 23.7. The van der Waals surface area contributed by atoms with Gasteiger partial charge in [-0.15, -0.1) is 0 Å². The third kappa shape index (κ3) is 6.27. The summed E-state index contributed by atoms with van der Waals surface area (Å²) in [6, 6.07) is 17.7. The molecule has 0 radical (unpaired) electrons. The molecule has 6 nitrogen and oxygen atoms in total. The molecule has 2 aromatic rings. The van der Waals surface area contributed by atoms with Gasteiger partial charge in [0.05, 0.1) is 0 Å². The zero-order valence-electron chi connectivity index (χ0n) is 14.0. The minimum Gasteiger partial charge on any atom is -0.445 e. The number of alkyl carbamates (subject to hydrolysis) is 1. The molecule has 6 heteroatoms. The Kier molecular flexibility index (Phi) is 6.98. The van der Waals surface area contributed by atoms with Crippen molar-refractivity contribution in [2.24, 2.45) is 0 Å². The van der Waals surface area contributed by atoms with Crippen LogP contribution in [0.1, 0.15) is 24.2 Å². The van der Waals surface area contributed by atoms with Crippen molar-refractivity contribution in [1.82, 2.24) is 10.6 Å². The van der Waals surface area contributed by atoms with E-state index in [1.54, 1.807) is 37.3 Å². The van der Waals surface area contributed by atoms with Crippen LogP contribution in [0, 0.1) is 0 Å². The molecule has 0 fully saturated rings. The molecule has 2 amide bonds. The number of aliphatic hydroxyl groups excluding tert-OH is 1. The van der Waals surface area contributed by atoms with E-state index < -0.39 is 18.1 Å². The standard InChI is InChI=1S/C19H22N2O4/c1-14(21-19(24)25-13-15-8-4-2-5-9-15)12-20-18(23)17(22)16-10-6-3-7-11-16/h2-11,14,17,22H,12-13H2,1H3,(H,20,23)(H,21,24)/t14-,17+/m1/s1. The zero-order valence-corrected chi connectivity index (χ0v) is 14.0. The second kappa shape index (κ2) is 9.44. The summed E-state index contributed by atoms with van der Waals surface area (Å²) in [7, 11) is 0. The topological polar surface area (TPSA) is 87.7 Å². The van der Waals surface area contributed by atoms with Crippen LogP contribution >= 0.6 is 0 Å². The third-order valence-electron chi connectivity index (χ3n) is 3.52. The molecule has 0 bridgehead atoms. The lowest BCUT2D eigenvalue weighted by Gasteiger charge is -2.17. The van der Waals surface area contributed by atoms with Gasteiger partial charge in [-0.05, 0) is 18.1 Å². The fourth-order valence-corrected chi connectivity index (χ4v) is 2.15. The Balaban J connectivity index is 1.70. The molecule has 0 aromatic heterocycles. The summed E-state index contributed by atoms with van der Waals surface area (Å²) in [5.41, 5.74) is 1.41. The van der Waals surface area contributed by atoms with E-state index in [1.165, 1.54) is 0 Å². The van der Waals surface area contributed by atoms with Crippen molar-refractivity contribution in [3.05, 3.63) is 71.8 Å². The van der Waals surface area contributed by atoms with Crippen molar-refractivity contribution >= 4 is 12.0 Å². The zero-order chi connectivity index (χ0) is 18.1. The van der Waals surface area contributed by atoms with E-state index in [0.717, 1.165) is 5.56 Å². The average molecular weight is 342 g/mol. The maximum Gasteiger partial charge on any atom is 0.407 e. The minimum absolute atomic E-state index is 0.179. The third-order valence-corrected chi connectivity index (χ3v) is 3.52. The molecule has 0 aliphatic heterocycles. The summed E-state index contributed by atoms with van der Waals surface area (Å²) < 4.78 is 5.11. The molecule has 2 atom stereocenters. The van der Waals surface area contributed by atoms with Gasteiger partial charge in [-0.2, -0.15) is 0 Å². The molecule has 0 aliphatic rings. The van der Waals surface area contributed by atoms with Gasteiger partial charge in [-0.3, -0.25) is 4.79 Å². The fraction of sp³-hybridized carbons (Fsp3) is 0.263. The maximum absolute atomic E-state index is 11.9. The Morgan fingerprint density at radius 3 is 2.28 bits per heavy atom. The first-order chi connectivity index (χ1) is 12.1. The van der Waals surface area contributed by atoms with Gasteiger partial charge in [0.25, 0.3) is 5.91 Å². The highest BCUT2D eigenvalue weighted by Crippen LogP contribution is 2.11. The van der Waals surface area contributed by atoms with E-state index in [4.69, 9.17) is 4.74 Å². The Labute approximate surface area is 146 Å². The van der Waals surface area contributed by atoms with Gasteiger partial charge in [-0.25, -0.2) is 4.79 Å². The van der Waals surface area contributed by atoms with Crippen molar-refractivity contribution in [3.8, 4) is 0 Å². The molecule has 0 unspecified atom stereocenters. The van der Waals surface area contributed by atoms with E-state index in [-0.39, 0.29) is 19.2 Å². The molecule has 0 aliphatic carbocycles. The number of carbonyl (C=O) groups is 2. The number of aliphatic hydroxyl groups is 1. The van der Waals surface area contributed by atoms with Crippen LogP contribution in [-0.4, -0.2) is 29.7 Å². The molecule has 25 heavy (non-hydrogen) atoms. The summed E-state index contributed by atoms with van der Waals surface area (Å²) in [6.45, 7) is 2.10. The summed E-state index contributed by atoms with van der Waals surface area (Å²) in [5.74, 6) is -0.516. The number of hydrogen-bond donors (Lipinski definition) is 3. The second-order valence-corrected chi connectivity index (χ2v) is 5.67. The van der Waals surface area contributed by atoms with Crippen LogP contribution in [0.3, 0.4) is 0 Å². The fourth-order valence-electron chi connectivity index (χ4n) is 2.15. The van der Waals surface area contributed by atoms with Crippen LogP contribution in [0.5, 0.6) is 0 Å². The van der Waals surface area contributed by atoms with Gasteiger partial charge >= 0.3 is 6.09 Å². The van der Waals surface area contributed by atoms with Gasteiger partial charge in [-0.1, -0.05) is 60.7 Å². The van der Waals surface area contributed by atoms with Gasteiger partial charge in [0, 0.05) is 12.6 Å². The van der Waals surface area contributed by atoms with Gasteiger partial charge in [0.1, 0.15) is 6.61 Å². The van der Waals surface area contributed by atoms with Crippen LogP contribution in [0.2, 0.25) is 0 Å². The number of nitrogens with one attached hydrogen (secondary N) is 2. The summed E-state index contributed by atoms with van der Waals surface area (Å²) in [5, 5.41) is 15.2. The Hall–Kier alpha value is -2.86. The molecule has 0 saturated heterocycles. The predicted octanol–water partition coefficient (Wildman–Crippen LogP) is 2.15. The van der Waals surface area contributed by atoms with Gasteiger partial charge < -0.3 is 20.5 Å². The molecule has 3 N–H and O–H groups in total. The monoisotopic (exact) mass is 342 g/mol. The number of ether oxygens (including phenoxy) is 1. The predicted molar refractivity (Wildman–Crippen MR) is 93.6 cm³/mol. The van der Waals surface area contributed by atoms with Crippen LogP contribution in [0.4, 0.5) is 4.79 Å². The van der Waals surface area contributed by atoms with Gasteiger partial charge in [0.15, 0.2) is 6.10 Å². The van der Waals surface area contributed by atoms with Crippen molar-refractivity contribution in [2.45, 2.75) is 25.7 Å². The van der Waals surface area contributed by atoms with E-state index in [2.05, 4.69) is 10.6 Å². The van der Waals surface area contributed by atoms with Crippen LogP contribution in [0.15, 0.2) is 60.7 Å². The number of rotatable bonds is 7. The molecule has 132 valence electrons. The molecular formula is C19H22N2O4. The molecule has 2 aromatic carbocycles. The van der Waals surface area contributed by atoms with Crippen LogP contribution in [-0.2, 0) is 16.1 Å². The highest BCUT2D eigenvalue weighted by atomic mass is 16.5. The highest BCUT2D eigenvalue weighted by molar-refractivity contribution is 5.82. The maximum atomic E-state index is 11.9. The van der Waals surface area contributed by atoms with E-state index in [9.17, 15) is 14.7 Å². The SMILES string of the molecule is C[C@H](CNC(=O)[C@@H](O)c1ccccc1)NC(=O)OCc1ccccc1. The lowest BCUT2D eigenvalue weighted by Crippen LogP contribution is -2.43. The summed E-state index contributed by atoms with van der Waals surface area (Å²) >= 11 is 0. The highest BCUT2D eigenvalue weighted by Gasteiger charge is 2.18. The quantitative estimate of drug-likeness (QED) is 0.719. The minimum atomic E-state index is -1.24. The van der Waals surface area contributed by atoms with Crippen molar-refractivity contribution < 1.29 is 19.4 Å². The van der Waals surface area contributed by atoms with Crippen molar-refractivity contribution in [3.63, 3.8) is 0 Å². The molecule has 0 heterocycles. The number of amides is 2. The largest absolute Gasteiger partial charge is 0.445 e. The molecule has 0 saturated carbocycles. The first-order valence-electron chi connectivity index (χ1n) is 8.04. The first kappa shape index (κ1) is 18.5. The summed E-state index contributed by atoms with van der Waals surface area (Å²) in [6.07, 6.45) is -1.80. The van der Waals surface area contributed by atoms with Crippen LogP contribution < -0.4 is 10.6 Å². The average Bonchev–Trinajstić information content (AvgIpc) is 2.65. The molecule has 2 rings (SSSR count). The Morgan fingerprint density at radius 2 is 1.64 bits per heavy atom. The first-order valence-corrected chi connectivity index (χ1v) is 8.04. The number of hydrogen-bond acceptors (Lipinski definition) is 4. The normalized spacial score (nSPS) is 12.7. The van der Waals surface area contributed by atoms with Crippen molar-refractivity contribution in [2.75, 3.05) is 6.54 Å². The lowest BCUT2D eigenvalue weighted by atomic mass is 10.1. The Morgan fingerprint density at radius 1 is 1.04 bits per heavy atom. The number of benzene rings is 2. The molecular weight excluding hydrogens is 320 g/mol. The lowest BCUT2D eigenvalue weighted by molar-refractivity contribution is -0.129. The number of carbonyl (C=O) groups excluding carboxylic acids is 2. The second-order valence-electron chi connectivity index (χ2n) is 5.67. The van der Waals surface area contributed by atoms with Crippen LogP contribution in [0.25, 0.3) is 0 Å². The van der Waals surface area contributed by atoms with E-state index in [1.807, 2.05) is 30.3 Å². The van der Waals surface area contributed by atoms with Gasteiger partial charge in [0.2, 0.25) is 0 Å².